The first-order valence-electron chi connectivity index (χ1n) is 10.8. The first-order chi connectivity index (χ1) is 14.5. The van der Waals surface area contributed by atoms with Crippen LogP contribution in [0.1, 0.15) is 42.6 Å². The number of aryl methyl sites for hydroxylation is 1. The summed E-state index contributed by atoms with van der Waals surface area (Å²) in [4.78, 5) is 19.9. The van der Waals surface area contributed by atoms with Crippen LogP contribution < -0.4 is 4.74 Å². The predicted molar refractivity (Wildman–Crippen MR) is 118 cm³/mol. The van der Waals surface area contributed by atoms with Crippen LogP contribution in [0, 0.1) is 13.8 Å². The van der Waals surface area contributed by atoms with Crippen LogP contribution in [0.15, 0.2) is 29.4 Å². The zero-order valence-corrected chi connectivity index (χ0v) is 18.9. The average molecular weight is 430 g/mol. The highest BCUT2D eigenvalue weighted by atomic mass is 32.2. The highest BCUT2D eigenvalue weighted by molar-refractivity contribution is 7.99. The van der Waals surface area contributed by atoms with Crippen molar-refractivity contribution >= 4 is 17.7 Å². The summed E-state index contributed by atoms with van der Waals surface area (Å²) in [7, 11) is 1.67. The summed E-state index contributed by atoms with van der Waals surface area (Å²) in [6.45, 7) is 6.45. The minimum atomic E-state index is 0.181. The third-order valence-corrected chi connectivity index (χ3v) is 6.94. The minimum Gasteiger partial charge on any atom is -0.497 e. The summed E-state index contributed by atoms with van der Waals surface area (Å²) in [5.74, 6) is 1.43. The Labute approximate surface area is 182 Å². The number of ether oxygens (including phenoxy) is 2. The van der Waals surface area contributed by atoms with E-state index >= 15 is 0 Å². The molecule has 4 rings (SSSR count). The Morgan fingerprint density at radius 3 is 2.67 bits per heavy atom. The molecular formula is C23H31N3O3S. The van der Waals surface area contributed by atoms with E-state index in [1.54, 1.807) is 18.9 Å². The Bertz CT molecular complexity index is 871. The fourth-order valence-corrected chi connectivity index (χ4v) is 4.87. The lowest BCUT2D eigenvalue weighted by atomic mass is 10.2. The van der Waals surface area contributed by atoms with Crippen LogP contribution in [0.2, 0.25) is 0 Å². The first kappa shape index (κ1) is 21.2. The van der Waals surface area contributed by atoms with Gasteiger partial charge in [-0.2, -0.15) is 0 Å². The molecule has 30 heavy (non-hydrogen) atoms. The van der Waals surface area contributed by atoms with Gasteiger partial charge in [-0.25, -0.2) is 4.98 Å². The lowest BCUT2D eigenvalue weighted by Crippen LogP contribution is -2.34. The van der Waals surface area contributed by atoms with Crippen LogP contribution in [0.25, 0.3) is 0 Å². The van der Waals surface area contributed by atoms with Crippen molar-refractivity contribution in [2.24, 2.45) is 0 Å². The summed E-state index contributed by atoms with van der Waals surface area (Å²) < 4.78 is 13.3. The number of thioether (sulfide) groups is 1. The average Bonchev–Trinajstić information content (AvgIpc) is 3.40. The molecule has 1 aliphatic carbocycles. The van der Waals surface area contributed by atoms with Crippen molar-refractivity contribution < 1.29 is 14.3 Å². The molecule has 2 fully saturated rings. The van der Waals surface area contributed by atoms with Gasteiger partial charge in [-0.15, -0.1) is 0 Å². The monoisotopic (exact) mass is 429 g/mol. The fraction of sp³-hybridized carbons (Fsp3) is 0.565. The molecule has 1 aromatic heterocycles. The largest absolute Gasteiger partial charge is 0.497 e. The maximum Gasteiger partial charge on any atom is 0.233 e. The highest BCUT2D eigenvalue weighted by Crippen LogP contribution is 2.31. The van der Waals surface area contributed by atoms with E-state index in [-0.39, 0.29) is 12.0 Å². The molecule has 162 valence electrons. The van der Waals surface area contributed by atoms with Gasteiger partial charge in [-0.1, -0.05) is 23.9 Å². The number of hydrogen-bond acceptors (Lipinski definition) is 5. The molecule has 1 amide bonds. The van der Waals surface area contributed by atoms with E-state index in [2.05, 4.69) is 11.5 Å². The maximum absolute atomic E-state index is 13.1. The third kappa shape index (κ3) is 5.01. The van der Waals surface area contributed by atoms with Gasteiger partial charge in [0.25, 0.3) is 0 Å². The van der Waals surface area contributed by atoms with Gasteiger partial charge >= 0.3 is 0 Å². The predicted octanol–water partition coefficient (Wildman–Crippen LogP) is 3.97. The Morgan fingerprint density at radius 1 is 1.27 bits per heavy atom. The van der Waals surface area contributed by atoms with Crippen molar-refractivity contribution in [3.63, 3.8) is 0 Å². The number of aromatic nitrogens is 2. The molecule has 1 unspecified atom stereocenters. The molecule has 2 aromatic rings. The van der Waals surface area contributed by atoms with E-state index in [1.165, 1.54) is 0 Å². The smallest absolute Gasteiger partial charge is 0.233 e. The first-order valence-corrected chi connectivity index (χ1v) is 11.7. The Morgan fingerprint density at radius 2 is 2.03 bits per heavy atom. The quantitative estimate of drug-likeness (QED) is 0.565. The Kier molecular flexibility index (Phi) is 6.68. The van der Waals surface area contributed by atoms with Crippen molar-refractivity contribution in [3.8, 4) is 5.75 Å². The normalized spacial score (nSPS) is 18.6. The third-order valence-electron chi connectivity index (χ3n) is 5.98. The zero-order valence-electron chi connectivity index (χ0n) is 18.1. The summed E-state index contributed by atoms with van der Waals surface area (Å²) in [5, 5.41) is 0.925. The molecule has 1 atom stereocenters. The number of benzene rings is 1. The molecule has 1 aromatic carbocycles. The number of carbonyl (C=O) groups is 1. The lowest BCUT2D eigenvalue weighted by molar-refractivity contribution is -0.129. The maximum atomic E-state index is 13.1. The van der Waals surface area contributed by atoms with Crippen molar-refractivity contribution in [2.45, 2.75) is 69.9 Å². The van der Waals surface area contributed by atoms with Crippen LogP contribution in [0.4, 0.5) is 0 Å². The van der Waals surface area contributed by atoms with E-state index in [0.717, 1.165) is 66.7 Å². The molecule has 7 heteroatoms. The van der Waals surface area contributed by atoms with Crippen molar-refractivity contribution in [1.29, 1.82) is 0 Å². The standard InChI is InChI=1S/C23H31N3O3S/c1-16-17(2)25(14-21-5-4-12-29-21)23(24-16)30-15-22(27)26(19-8-9-19)13-18-6-10-20(28-3)11-7-18/h6-7,10-11,19,21H,4-5,8-9,12-15H2,1-3H3. The molecule has 2 aliphatic rings. The Hall–Kier alpha value is -1.99. The second-order valence-electron chi connectivity index (χ2n) is 8.20. The van der Waals surface area contributed by atoms with Gasteiger partial charge in [0.05, 0.1) is 31.2 Å². The number of rotatable bonds is 9. The van der Waals surface area contributed by atoms with Gasteiger partial charge in [-0.05, 0) is 57.2 Å². The van der Waals surface area contributed by atoms with Gasteiger partial charge in [0.2, 0.25) is 5.91 Å². The SMILES string of the molecule is COc1ccc(CN(C(=O)CSc2nc(C)c(C)n2CC2CCCO2)C2CC2)cc1. The van der Waals surface area contributed by atoms with Crippen LogP contribution in [-0.2, 0) is 22.6 Å². The van der Waals surface area contributed by atoms with E-state index in [1.807, 2.05) is 36.1 Å². The van der Waals surface area contributed by atoms with E-state index in [0.29, 0.717) is 18.3 Å². The van der Waals surface area contributed by atoms with Gasteiger partial charge in [0, 0.05) is 24.9 Å². The van der Waals surface area contributed by atoms with Crippen LogP contribution in [0.5, 0.6) is 5.75 Å². The molecule has 2 heterocycles. The van der Waals surface area contributed by atoms with Gasteiger partial charge < -0.3 is 18.9 Å². The zero-order chi connectivity index (χ0) is 21.1. The second kappa shape index (κ2) is 9.43. The number of methoxy groups -OCH3 is 1. The second-order valence-corrected chi connectivity index (χ2v) is 9.14. The summed E-state index contributed by atoms with van der Waals surface area (Å²) in [6, 6.07) is 8.35. The highest BCUT2D eigenvalue weighted by Gasteiger charge is 2.32. The number of carbonyl (C=O) groups excluding carboxylic acids is 1. The van der Waals surface area contributed by atoms with Crippen LogP contribution in [0.3, 0.4) is 0 Å². The van der Waals surface area contributed by atoms with Gasteiger partial charge in [0.1, 0.15) is 5.75 Å². The molecule has 1 saturated heterocycles. The molecule has 0 bridgehead atoms. The minimum absolute atomic E-state index is 0.181. The van der Waals surface area contributed by atoms with E-state index < -0.39 is 0 Å². The topological polar surface area (TPSA) is 56.6 Å². The molecule has 0 radical (unpaired) electrons. The number of hydrogen-bond donors (Lipinski definition) is 0. The van der Waals surface area contributed by atoms with Crippen molar-refractivity contribution in [1.82, 2.24) is 14.5 Å². The van der Waals surface area contributed by atoms with Gasteiger partial charge in [-0.3, -0.25) is 4.79 Å². The summed E-state index contributed by atoms with van der Waals surface area (Å²) in [5.41, 5.74) is 3.32. The molecule has 1 aliphatic heterocycles. The van der Waals surface area contributed by atoms with E-state index in [9.17, 15) is 4.79 Å². The van der Waals surface area contributed by atoms with Crippen molar-refractivity contribution in [3.05, 3.63) is 41.2 Å². The molecular weight excluding hydrogens is 398 g/mol. The van der Waals surface area contributed by atoms with E-state index in [4.69, 9.17) is 14.5 Å². The fourth-order valence-electron chi connectivity index (χ4n) is 3.88. The molecule has 0 spiro atoms. The number of nitrogens with zero attached hydrogens (tertiary/aromatic N) is 3. The lowest BCUT2D eigenvalue weighted by Gasteiger charge is -2.23. The molecule has 1 saturated carbocycles. The number of imidazole rings is 1. The summed E-state index contributed by atoms with van der Waals surface area (Å²) in [6.07, 6.45) is 4.67. The Balaban J connectivity index is 1.40. The molecule has 6 nitrogen and oxygen atoms in total. The van der Waals surface area contributed by atoms with Crippen LogP contribution >= 0.6 is 11.8 Å². The molecule has 0 N–H and O–H groups in total. The summed E-state index contributed by atoms with van der Waals surface area (Å²) >= 11 is 1.55. The van der Waals surface area contributed by atoms with Gasteiger partial charge in [0.15, 0.2) is 5.16 Å². The number of amides is 1. The van der Waals surface area contributed by atoms with Crippen molar-refractivity contribution in [2.75, 3.05) is 19.5 Å². The van der Waals surface area contributed by atoms with Crippen LogP contribution in [-0.4, -0.2) is 52.0 Å².